The molecular formula is C33H29NS. The van der Waals surface area contributed by atoms with Crippen molar-refractivity contribution in [2.75, 3.05) is 5.73 Å². The Hall–Kier alpha value is -3.75. The Bertz CT molecular complexity index is 1500. The minimum Gasteiger partial charge on any atom is -0.398 e. The van der Waals surface area contributed by atoms with Crippen LogP contribution in [0.2, 0.25) is 0 Å². The Labute approximate surface area is 212 Å². The number of hydrogen-bond donors (Lipinski definition) is 1. The zero-order valence-corrected chi connectivity index (χ0v) is 21.0. The van der Waals surface area contributed by atoms with Crippen molar-refractivity contribution in [1.82, 2.24) is 0 Å². The quantitative estimate of drug-likeness (QED) is 0.232. The number of benzene rings is 4. The lowest BCUT2D eigenvalue weighted by molar-refractivity contribution is 0.869. The summed E-state index contributed by atoms with van der Waals surface area (Å²) in [6.45, 7) is 8.77. The summed E-state index contributed by atoms with van der Waals surface area (Å²) in [5.74, 6) is 0.449. The van der Waals surface area contributed by atoms with Crippen molar-refractivity contribution in [3.63, 3.8) is 0 Å². The van der Waals surface area contributed by atoms with Gasteiger partial charge in [-0.05, 0) is 75.7 Å². The molecule has 1 atom stereocenters. The van der Waals surface area contributed by atoms with Crippen LogP contribution in [0, 0.1) is 5.92 Å². The molecule has 0 saturated heterocycles. The molecule has 5 rings (SSSR count). The third-order valence-corrected chi connectivity index (χ3v) is 7.80. The molecule has 0 bridgehead atoms. The van der Waals surface area contributed by atoms with Crippen molar-refractivity contribution in [2.45, 2.75) is 18.7 Å². The third kappa shape index (κ3) is 4.89. The molecule has 0 aliphatic heterocycles. The first-order valence-corrected chi connectivity index (χ1v) is 12.7. The summed E-state index contributed by atoms with van der Waals surface area (Å²) in [7, 11) is 0. The molecule has 0 saturated carbocycles. The van der Waals surface area contributed by atoms with Gasteiger partial charge >= 0.3 is 0 Å². The first-order chi connectivity index (χ1) is 17.0. The van der Waals surface area contributed by atoms with Gasteiger partial charge in [0.05, 0.1) is 0 Å². The van der Waals surface area contributed by atoms with Crippen LogP contribution in [0.3, 0.4) is 0 Å². The second kappa shape index (κ2) is 9.85. The Morgan fingerprint density at radius 1 is 0.800 bits per heavy atom. The van der Waals surface area contributed by atoms with Gasteiger partial charge in [0.25, 0.3) is 0 Å². The maximum Gasteiger partial charge on any atom is 0.0455 e. The Morgan fingerprint density at radius 2 is 1.49 bits per heavy atom. The van der Waals surface area contributed by atoms with E-state index in [4.69, 9.17) is 5.73 Å². The molecule has 1 aliphatic carbocycles. The van der Waals surface area contributed by atoms with Gasteiger partial charge in [-0.25, -0.2) is 0 Å². The number of nitrogens with two attached hydrogens (primary N) is 1. The molecule has 0 aromatic heterocycles. The maximum atomic E-state index is 6.11. The number of thioether (sulfide) groups is 1. The van der Waals surface area contributed by atoms with Crippen LogP contribution >= 0.6 is 11.8 Å². The standard InChI is InChI=1S/C33H29NS/c1-22-8-4-5-9-31(23(22)2)26-14-12-25(13-15-26)28-18-19-29-20-27(16-17-30(29)21-28)24(3)35-33-11-7-6-10-32(33)34/h4-22H,3,34H2,1-2H3. The number of nitrogen functional groups attached to an aromatic ring is 1. The van der Waals surface area contributed by atoms with Crippen LogP contribution in [-0.4, -0.2) is 0 Å². The number of hydrogen-bond acceptors (Lipinski definition) is 2. The largest absolute Gasteiger partial charge is 0.398 e. The van der Waals surface area contributed by atoms with E-state index in [2.05, 4.69) is 105 Å². The molecule has 1 unspecified atom stereocenters. The summed E-state index contributed by atoms with van der Waals surface area (Å²) in [6, 6.07) is 30.0. The van der Waals surface area contributed by atoms with E-state index in [9.17, 15) is 0 Å². The fraction of sp³-hybridized carbons (Fsp3) is 0.0909. The lowest BCUT2D eigenvalue weighted by Crippen LogP contribution is -1.95. The van der Waals surface area contributed by atoms with Gasteiger partial charge in [0.1, 0.15) is 0 Å². The fourth-order valence-corrected chi connectivity index (χ4v) is 5.28. The molecule has 0 heterocycles. The predicted octanol–water partition coefficient (Wildman–Crippen LogP) is 9.39. The summed E-state index contributed by atoms with van der Waals surface area (Å²) < 4.78 is 0. The molecule has 4 aromatic carbocycles. The minimum absolute atomic E-state index is 0.449. The molecule has 2 N–H and O–H groups in total. The Balaban J connectivity index is 1.39. The average molecular weight is 472 g/mol. The van der Waals surface area contributed by atoms with E-state index in [0.717, 1.165) is 21.1 Å². The SMILES string of the molecule is C=C(Sc1ccccc1N)c1ccc2cc(-c3ccc(C4=C(C)C(C)C=CC=C4)cc3)ccc2c1. The van der Waals surface area contributed by atoms with Gasteiger partial charge in [0.2, 0.25) is 0 Å². The molecule has 0 spiro atoms. The minimum atomic E-state index is 0.449. The van der Waals surface area contributed by atoms with Crippen molar-refractivity contribution in [3.05, 3.63) is 133 Å². The lowest BCUT2D eigenvalue weighted by atomic mass is 9.92. The number of anilines is 1. The van der Waals surface area contributed by atoms with Gasteiger partial charge in [-0.15, -0.1) is 0 Å². The molecule has 0 radical (unpaired) electrons. The molecule has 2 heteroatoms. The highest BCUT2D eigenvalue weighted by Gasteiger charge is 2.11. The van der Waals surface area contributed by atoms with Gasteiger partial charge in [-0.1, -0.05) is 116 Å². The van der Waals surface area contributed by atoms with E-state index >= 15 is 0 Å². The average Bonchev–Trinajstić information content (AvgIpc) is 3.05. The summed E-state index contributed by atoms with van der Waals surface area (Å²) in [5, 5.41) is 2.43. The molecule has 1 nitrogen and oxygen atoms in total. The predicted molar refractivity (Wildman–Crippen MR) is 155 cm³/mol. The lowest BCUT2D eigenvalue weighted by Gasteiger charge is -2.13. The van der Waals surface area contributed by atoms with Gasteiger partial charge < -0.3 is 5.73 Å². The van der Waals surface area contributed by atoms with Crippen LogP contribution < -0.4 is 5.73 Å². The normalized spacial score (nSPS) is 15.4. The molecule has 0 fully saturated rings. The highest BCUT2D eigenvalue weighted by molar-refractivity contribution is 8.08. The summed E-state index contributed by atoms with van der Waals surface area (Å²) >= 11 is 1.61. The van der Waals surface area contributed by atoms with Crippen molar-refractivity contribution in [1.29, 1.82) is 0 Å². The van der Waals surface area contributed by atoms with Gasteiger partial charge in [-0.3, -0.25) is 0 Å². The van der Waals surface area contributed by atoms with E-state index in [1.54, 1.807) is 11.8 Å². The van der Waals surface area contributed by atoms with Crippen LogP contribution in [0.5, 0.6) is 0 Å². The first kappa shape index (κ1) is 23.0. The van der Waals surface area contributed by atoms with Gasteiger partial charge in [0.15, 0.2) is 0 Å². The third-order valence-electron chi connectivity index (χ3n) is 6.73. The number of fused-ring (bicyclic) bond motifs is 1. The second-order valence-electron chi connectivity index (χ2n) is 9.05. The molecule has 172 valence electrons. The van der Waals surface area contributed by atoms with Crippen LogP contribution in [0.1, 0.15) is 25.0 Å². The van der Waals surface area contributed by atoms with Crippen molar-refractivity contribution >= 4 is 38.7 Å². The number of para-hydroxylation sites is 1. The van der Waals surface area contributed by atoms with Crippen LogP contribution in [-0.2, 0) is 0 Å². The number of rotatable bonds is 5. The molecular weight excluding hydrogens is 442 g/mol. The Kier molecular flexibility index (Phi) is 6.48. The topological polar surface area (TPSA) is 26.0 Å². The van der Waals surface area contributed by atoms with E-state index in [-0.39, 0.29) is 0 Å². The second-order valence-corrected chi connectivity index (χ2v) is 10.2. The van der Waals surface area contributed by atoms with Crippen LogP contribution in [0.4, 0.5) is 5.69 Å². The van der Waals surface area contributed by atoms with Crippen LogP contribution in [0.15, 0.2) is 126 Å². The molecule has 35 heavy (non-hydrogen) atoms. The van der Waals surface area contributed by atoms with E-state index < -0.39 is 0 Å². The van der Waals surface area contributed by atoms with Crippen molar-refractivity contribution < 1.29 is 0 Å². The zero-order valence-electron chi connectivity index (χ0n) is 20.2. The zero-order chi connectivity index (χ0) is 24.4. The smallest absolute Gasteiger partial charge is 0.0455 e. The molecule has 4 aromatic rings. The summed E-state index contributed by atoms with van der Waals surface area (Å²) in [6.07, 6.45) is 8.74. The van der Waals surface area contributed by atoms with E-state index in [0.29, 0.717) is 5.92 Å². The fourth-order valence-electron chi connectivity index (χ4n) is 4.43. The highest BCUT2D eigenvalue weighted by Crippen LogP contribution is 2.37. The monoisotopic (exact) mass is 471 g/mol. The van der Waals surface area contributed by atoms with E-state index in [1.807, 2.05) is 24.3 Å². The molecule has 0 amide bonds. The van der Waals surface area contributed by atoms with Gasteiger partial charge in [0, 0.05) is 15.5 Å². The Morgan fingerprint density at radius 3 is 2.29 bits per heavy atom. The van der Waals surface area contributed by atoms with Crippen LogP contribution in [0.25, 0.3) is 32.4 Å². The summed E-state index contributed by atoms with van der Waals surface area (Å²) in [4.78, 5) is 2.03. The maximum absolute atomic E-state index is 6.11. The first-order valence-electron chi connectivity index (χ1n) is 11.9. The van der Waals surface area contributed by atoms with Crippen molar-refractivity contribution in [3.8, 4) is 11.1 Å². The molecule has 1 aliphatic rings. The number of allylic oxidation sites excluding steroid dienone is 6. The van der Waals surface area contributed by atoms with Gasteiger partial charge in [-0.2, -0.15) is 0 Å². The summed E-state index contributed by atoms with van der Waals surface area (Å²) in [5.41, 5.74) is 14.4. The van der Waals surface area contributed by atoms with E-state index in [1.165, 1.54) is 38.6 Å². The highest BCUT2D eigenvalue weighted by atomic mass is 32.2. The van der Waals surface area contributed by atoms with Crippen molar-refractivity contribution in [2.24, 2.45) is 5.92 Å².